The second-order valence-electron chi connectivity index (χ2n) is 8.25. The molecule has 2 N–H and O–H groups in total. The third-order valence-corrected chi connectivity index (χ3v) is 5.57. The summed E-state index contributed by atoms with van der Waals surface area (Å²) in [6, 6.07) is 11.4. The van der Waals surface area contributed by atoms with Gasteiger partial charge in [0, 0.05) is 25.8 Å². The average Bonchev–Trinajstić information content (AvgIpc) is 3.22. The molecule has 1 aromatic carbocycles. The van der Waals surface area contributed by atoms with Crippen LogP contribution in [0.3, 0.4) is 0 Å². The van der Waals surface area contributed by atoms with Crippen LogP contribution in [0.5, 0.6) is 5.75 Å². The number of hydrogen-bond donors (Lipinski definition) is 2. The van der Waals surface area contributed by atoms with Crippen molar-refractivity contribution in [3.63, 3.8) is 0 Å². The molecule has 1 saturated heterocycles. The summed E-state index contributed by atoms with van der Waals surface area (Å²) in [5, 5.41) is 16.1. The lowest BCUT2D eigenvalue weighted by molar-refractivity contribution is -0.133. The van der Waals surface area contributed by atoms with E-state index in [2.05, 4.69) is 26.7 Å². The van der Waals surface area contributed by atoms with E-state index in [1.54, 1.807) is 12.3 Å². The largest absolute Gasteiger partial charge is 0.437 e. The molecule has 0 saturated carbocycles. The summed E-state index contributed by atoms with van der Waals surface area (Å²) in [4.78, 5) is 24.9. The van der Waals surface area contributed by atoms with Crippen molar-refractivity contribution in [3.8, 4) is 11.8 Å². The standard InChI is InChI=1S/C23H27N7O2/c1-29(2)15-21(31)30-11-8-16(9-12-30)14-26-23-25-10-7-18(28-23)17(13-24)22-27-19-5-3-4-6-20(19)32-22/h3-7,10,16,27H,8-9,11-12,14-15H2,1-2H3,(H,25,26,28)/b22-17-. The fraction of sp³-hybridized carbons (Fsp3) is 0.391. The Kier molecular flexibility index (Phi) is 6.52. The van der Waals surface area contributed by atoms with Crippen LogP contribution >= 0.6 is 0 Å². The van der Waals surface area contributed by atoms with E-state index in [4.69, 9.17) is 4.74 Å². The van der Waals surface area contributed by atoms with Gasteiger partial charge in [0.1, 0.15) is 11.6 Å². The highest BCUT2D eigenvalue weighted by molar-refractivity contribution is 5.82. The van der Waals surface area contributed by atoms with Crippen molar-refractivity contribution in [1.82, 2.24) is 19.8 Å². The molecule has 0 spiro atoms. The first-order chi connectivity index (χ1) is 15.5. The van der Waals surface area contributed by atoms with Crippen molar-refractivity contribution in [3.05, 3.63) is 48.1 Å². The number of likely N-dealkylation sites (tertiary alicyclic amines) is 1. The van der Waals surface area contributed by atoms with E-state index in [9.17, 15) is 10.1 Å². The van der Waals surface area contributed by atoms with Crippen LogP contribution < -0.4 is 15.4 Å². The second kappa shape index (κ2) is 9.66. The van der Waals surface area contributed by atoms with E-state index >= 15 is 0 Å². The summed E-state index contributed by atoms with van der Waals surface area (Å²) < 4.78 is 5.79. The number of rotatable bonds is 6. The highest BCUT2D eigenvalue weighted by atomic mass is 16.5. The van der Waals surface area contributed by atoms with Crippen LogP contribution in [0, 0.1) is 17.2 Å². The molecule has 1 aromatic heterocycles. The van der Waals surface area contributed by atoms with Crippen LogP contribution in [0.1, 0.15) is 18.5 Å². The third-order valence-electron chi connectivity index (χ3n) is 5.57. The number of allylic oxidation sites excluding steroid dienone is 1. The highest BCUT2D eigenvalue weighted by Gasteiger charge is 2.24. The van der Waals surface area contributed by atoms with Gasteiger partial charge in [0.25, 0.3) is 0 Å². The number of benzene rings is 1. The molecule has 4 rings (SSSR count). The number of ether oxygens (including phenoxy) is 1. The number of anilines is 2. The first kappa shape index (κ1) is 21.6. The monoisotopic (exact) mass is 433 g/mol. The number of piperidine rings is 1. The van der Waals surface area contributed by atoms with Crippen molar-refractivity contribution >= 4 is 23.1 Å². The Bertz CT molecular complexity index is 1030. The average molecular weight is 434 g/mol. The lowest BCUT2D eigenvalue weighted by Gasteiger charge is -2.32. The molecule has 2 aromatic rings. The molecule has 1 amide bonds. The van der Waals surface area contributed by atoms with Gasteiger partial charge >= 0.3 is 0 Å². The quantitative estimate of drug-likeness (QED) is 0.669. The molecule has 2 aliphatic rings. The molecule has 0 atom stereocenters. The highest BCUT2D eigenvalue weighted by Crippen LogP contribution is 2.35. The first-order valence-electron chi connectivity index (χ1n) is 10.7. The SMILES string of the molecule is CN(C)CC(=O)N1CCC(CNc2nccc(/C(C#N)=C3/Nc4ccccc4O3)n2)CC1. The van der Waals surface area contributed by atoms with Crippen molar-refractivity contribution in [1.29, 1.82) is 5.26 Å². The van der Waals surface area contributed by atoms with E-state index in [-0.39, 0.29) is 5.91 Å². The predicted molar refractivity (Wildman–Crippen MR) is 122 cm³/mol. The maximum atomic E-state index is 12.2. The lowest BCUT2D eigenvalue weighted by atomic mass is 9.97. The number of carbonyl (C=O) groups excluding carboxylic acids is 1. The minimum absolute atomic E-state index is 0.180. The van der Waals surface area contributed by atoms with E-state index in [1.165, 1.54) is 0 Å². The van der Waals surface area contributed by atoms with Crippen LogP contribution in [0.2, 0.25) is 0 Å². The molecule has 0 bridgehead atoms. The maximum absolute atomic E-state index is 12.2. The fourth-order valence-corrected chi connectivity index (χ4v) is 3.83. The molecular weight excluding hydrogens is 406 g/mol. The Labute approximate surface area is 187 Å². The number of hydrogen-bond acceptors (Lipinski definition) is 8. The van der Waals surface area contributed by atoms with Crippen LogP contribution in [-0.4, -0.2) is 65.9 Å². The Balaban J connectivity index is 1.36. The number of likely N-dealkylation sites (N-methyl/N-ethyl adjacent to an activating group) is 1. The zero-order valence-corrected chi connectivity index (χ0v) is 18.3. The molecule has 0 aliphatic carbocycles. The van der Waals surface area contributed by atoms with Gasteiger partial charge in [-0.2, -0.15) is 5.26 Å². The van der Waals surface area contributed by atoms with Gasteiger partial charge in [0.2, 0.25) is 17.7 Å². The van der Waals surface area contributed by atoms with Crippen molar-refractivity contribution < 1.29 is 9.53 Å². The molecule has 32 heavy (non-hydrogen) atoms. The maximum Gasteiger partial charge on any atom is 0.236 e. The molecule has 0 unspecified atom stereocenters. The van der Waals surface area contributed by atoms with Crippen LogP contribution in [0.4, 0.5) is 11.6 Å². The minimum atomic E-state index is 0.180. The van der Waals surface area contributed by atoms with E-state index in [1.807, 2.05) is 48.2 Å². The number of nitrogens with zero attached hydrogens (tertiary/aromatic N) is 5. The van der Waals surface area contributed by atoms with Crippen LogP contribution in [0.15, 0.2) is 42.4 Å². The van der Waals surface area contributed by atoms with Gasteiger partial charge in [0.15, 0.2) is 5.75 Å². The zero-order valence-electron chi connectivity index (χ0n) is 18.3. The van der Waals surface area contributed by atoms with Gasteiger partial charge in [0.05, 0.1) is 17.9 Å². The van der Waals surface area contributed by atoms with Crippen molar-refractivity contribution in [2.75, 3.05) is 50.9 Å². The fourth-order valence-electron chi connectivity index (χ4n) is 3.83. The zero-order chi connectivity index (χ0) is 22.5. The smallest absolute Gasteiger partial charge is 0.236 e. The molecule has 9 heteroatoms. The normalized spacial score (nSPS) is 17.2. The molecule has 166 valence electrons. The summed E-state index contributed by atoms with van der Waals surface area (Å²) in [5.74, 6) is 2.14. The molecule has 0 radical (unpaired) electrons. The summed E-state index contributed by atoms with van der Waals surface area (Å²) in [6.07, 6.45) is 3.51. The van der Waals surface area contributed by atoms with Crippen molar-refractivity contribution in [2.24, 2.45) is 5.92 Å². The summed E-state index contributed by atoms with van der Waals surface area (Å²) in [5.41, 5.74) is 1.63. The molecule has 2 aliphatic heterocycles. The third kappa shape index (κ3) is 4.98. The number of aromatic nitrogens is 2. The Morgan fingerprint density at radius 3 is 2.81 bits per heavy atom. The topological polar surface area (TPSA) is 106 Å². The van der Waals surface area contributed by atoms with E-state index < -0.39 is 0 Å². The molecule has 1 fully saturated rings. The van der Waals surface area contributed by atoms with Gasteiger partial charge in [-0.3, -0.25) is 4.79 Å². The lowest BCUT2D eigenvalue weighted by Crippen LogP contribution is -2.43. The number of nitriles is 1. The Morgan fingerprint density at radius 1 is 1.31 bits per heavy atom. The van der Waals surface area contributed by atoms with Gasteiger partial charge in [-0.05, 0) is 51.1 Å². The number of fused-ring (bicyclic) bond motifs is 1. The minimum Gasteiger partial charge on any atom is -0.437 e. The molecular formula is C23H27N7O2. The number of carbonyl (C=O) groups is 1. The number of nitrogens with one attached hydrogen (secondary N) is 2. The summed E-state index contributed by atoms with van der Waals surface area (Å²) in [6.45, 7) is 2.71. The Hall–Kier alpha value is -3.64. The summed E-state index contributed by atoms with van der Waals surface area (Å²) >= 11 is 0. The van der Waals surface area contributed by atoms with E-state index in [0.29, 0.717) is 41.3 Å². The first-order valence-corrected chi connectivity index (χ1v) is 10.7. The van der Waals surface area contributed by atoms with Crippen molar-refractivity contribution in [2.45, 2.75) is 12.8 Å². The molecule has 3 heterocycles. The Morgan fingerprint density at radius 2 is 2.09 bits per heavy atom. The predicted octanol–water partition coefficient (Wildman–Crippen LogP) is 2.39. The van der Waals surface area contributed by atoms with Crippen LogP contribution in [-0.2, 0) is 4.79 Å². The van der Waals surface area contributed by atoms with Gasteiger partial charge in [-0.25, -0.2) is 9.97 Å². The molecule has 9 nitrogen and oxygen atoms in total. The number of para-hydroxylation sites is 2. The van der Waals surface area contributed by atoms with Gasteiger partial charge in [-0.15, -0.1) is 0 Å². The van der Waals surface area contributed by atoms with Gasteiger partial charge < -0.3 is 25.2 Å². The second-order valence-corrected chi connectivity index (χ2v) is 8.25. The van der Waals surface area contributed by atoms with E-state index in [0.717, 1.165) is 38.2 Å². The number of amides is 1. The summed E-state index contributed by atoms with van der Waals surface area (Å²) in [7, 11) is 3.81. The van der Waals surface area contributed by atoms with Crippen LogP contribution in [0.25, 0.3) is 5.57 Å². The van der Waals surface area contributed by atoms with Gasteiger partial charge in [-0.1, -0.05) is 12.1 Å².